The molecule has 0 unspecified atom stereocenters. The molecule has 1 atom stereocenters. The minimum Gasteiger partial charge on any atom is -0.486 e. The molecule has 4 heteroatoms. The Morgan fingerprint density at radius 1 is 0.929 bits per heavy atom. The first-order valence-electron chi connectivity index (χ1n) is 9.07. The van der Waals surface area contributed by atoms with Gasteiger partial charge in [-0.15, -0.1) is 0 Å². The molecule has 0 saturated carbocycles. The van der Waals surface area contributed by atoms with Crippen LogP contribution in [0.5, 0.6) is 5.75 Å². The molecular weight excluding hydrogens is 355 g/mol. The van der Waals surface area contributed by atoms with Crippen molar-refractivity contribution in [1.82, 2.24) is 0 Å². The molecule has 0 heterocycles. The third-order valence-electron chi connectivity index (χ3n) is 4.53. The third kappa shape index (κ3) is 4.92. The number of hydrogen-bond acceptors (Lipinski definition) is 3. The van der Waals surface area contributed by atoms with Crippen molar-refractivity contribution in [2.24, 2.45) is 0 Å². The van der Waals surface area contributed by atoms with Gasteiger partial charge in [0, 0.05) is 17.5 Å². The average Bonchev–Trinajstić information content (AvgIpc) is 2.69. The minimum atomic E-state index is -0.292. The van der Waals surface area contributed by atoms with E-state index >= 15 is 0 Å². The van der Waals surface area contributed by atoms with Crippen molar-refractivity contribution >= 4 is 11.6 Å². The highest BCUT2D eigenvalue weighted by Gasteiger charge is 2.12. The van der Waals surface area contributed by atoms with E-state index in [-0.39, 0.29) is 29.9 Å². The first-order valence-corrected chi connectivity index (χ1v) is 9.07. The molecule has 3 aromatic carbocycles. The summed E-state index contributed by atoms with van der Waals surface area (Å²) in [6, 6.07) is 20.2. The topological polar surface area (TPSA) is 43.4 Å². The first-order chi connectivity index (χ1) is 13.4. The molecule has 0 amide bonds. The number of benzene rings is 3. The Balaban J connectivity index is 1.68. The second-order valence-corrected chi connectivity index (χ2v) is 6.69. The van der Waals surface area contributed by atoms with E-state index in [1.807, 2.05) is 6.92 Å². The van der Waals surface area contributed by atoms with Crippen LogP contribution >= 0.6 is 0 Å². The average molecular weight is 376 g/mol. The highest BCUT2D eigenvalue weighted by molar-refractivity contribution is 5.98. The van der Waals surface area contributed by atoms with Gasteiger partial charge in [0.15, 0.2) is 11.6 Å². The second-order valence-electron chi connectivity index (χ2n) is 6.69. The summed E-state index contributed by atoms with van der Waals surface area (Å²) in [7, 11) is 0. The Hall–Kier alpha value is -3.27. The number of hydrogen-bond donors (Lipinski definition) is 0. The van der Waals surface area contributed by atoms with Gasteiger partial charge in [-0.05, 0) is 49.2 Å². The van der Waals surface area contributed by atoms with Gasteiger partial charge >= 0.3 is 0 Å². The molecule has 3 nitrogen and oxygen atoms in total. The van der Waals surface area contributed by atoms with E-state index in [4.69, 9.17) is 4.74 Å². The molecule has 3 rings (SSSR count). The monoisotopic (exact) mass is 376 g/mol. The summed E-state index contributed by atoms with van der Waals surface area (Å²) >= 11 is 0. The standard InChI is InChI=1S/C24H21FO3/c1-16(26)19-8-6-18(7-9-19)14-24(27)21-4-3-5-23(15-21)28-17(2)20-10-12-22(25)13-11-20/h3-13,15,17H,14H2,1-2H3/t17-/m1/s1. The molecule has 0 spiro atoms. The molecular formula is C24H21FO3. The predicted molar refractivity (Wildman–Crippen MR) is 106 cm³/mol. The summed E-state index contributed by atoms with van der Waals surface area (Å²) in [5.41, 5.74) is 2.88. The van der Waals surface area contributed by atoms with Gasteiger partial charge in [0.2, 0.25) is 0 Å². The highest BCUT2D eigenvalue weighted by Crippen LogP contribution is 2.23. The molecule has 0 aliphatic rings. The SMILES string of the molecule is CC(=O)c1ccc(CC(=O)c2cccc(O[C@H](C)c3ccc(F)cc3)c2)cc1. The lowest BCUT2D eigenvalue weighted by Gasteiger charge is -2.15. The molecule has 0 radical (unpaired) electrons. The Bertz CT molecular complexity index is 975. The van der Waals surface area contributed by atoms with Crippen LogP contribution in [0.25, 0.3) is 0 Å². The van der Waals surface area contributed by atoms with Gasteiger partial charge < -0.3 is 4.74 Å². The molecule has 0 aromatic heterocycles. The molecule has 142 valence electrons. The van der Waals surface area contributed by atoms with E-state index in [1.54, 1.807) is 60.7 Å². The quantitative estimate of drug-likeness (QED) is 0.505. The minimum absolute atomic E-state index is 0.00185. The summed E-state index contributed by atoms with van der Waals surface area (Å²) in [5, 5.41) is 0. The lowest BCUT2D eigenvalue weighted by Crippen LogP contribution is -2.06. The maximum absolute atomic E-state index is 13.1. The van der Waals surface area contributed by atoms with Crippen LogP contribution in [0, 0.1) is 5.82 Å². The Morgan fingerprint density at radius 2 is 1.61 bits per heavy atom. The van der Waals surface area contributed by atoms with E-state index < -0.39 is 0 Å². The Labute approximate surface area is 163 Å². The molecule has 28 heavy (non-hydrogen) atoms. The number of ketones is 2. The number of Topliss-reactive ketones (excluding diaryl/α,β-unsaturated/α-hetero) is 2. The summed E-state index contributed by atoms with van der Waals surface area (Å²) < 4.78 is 19.0. The van der Waals surface area contributed by atoms with Crippen LogP contribution in [0.1, 0.15) is 51.8 Å². The van der Waals surface area contributed by atoms with Crippen molar-refractivity contribution in [2.75, 3.05) is 0 Å². The van der Waals surface area contributed by atoms with Crippen molar-refractivity contribution in [3.8, 4) is 5.75 Å². The number of rotatable bonds is 7. The van der Waals surface area contributed by atoms with Crippen molar-refractivity contribution < 1.29 is 18.7 Å². The van der Waals surface area contributed by atoms with Gasteiger partial charge in [0.25, 0.3) is 0 Å². The van der Waals surface area contributed by atoms with Crippen LogP contribution in [0.2, 0.25) is 0 Å². The molecule has 0 bridgehead atoms. The number of halogens is 1. The Morgan fingerprint density at radius 3 is 2.25 bits per heavy atom. The zero-order chi connectivity index (χ0) is 20.1. The summed E-state index contributed by atoms with van der Waals surface area (Å²) in [4.78, 5) is 24.0. The number of carbonyl (C=O) groups is 2. The third-order valence-corrected chi connectivity index (χ3v) is 4.53. The van der Waals surface area contributed by atoms with Crippen LogP contribution in [0.3, 0.4) is 0 Å². The summed E-state index contributed by atoms with van der Waals surface area (Å²) in [5.74, 6) is 0.253. The smallest absolute Gasteiger partial charge is 0.167 e. The Kier molecular flexibility index (Phi) is 5.99. The molecule has 0 saturated heterocycles. The fraction of sp³-hybridized carbons (Fsp3) is 0.167. The second kappa shape index (κ2) is 8.61. The van der Waals surface area contributed by atoms with Gasteiger partial charge in [0.1, 0.15) is 17.7 Å². The number of carbonyl (C=O) groups excluding carboxylic acids is 2. The molecule has 0 fully saturated rings. The zero-order valence-electron chi connectivity index (χ0n) is 15.8. The van der Waals surface area contributed by atoms with Gasteiger partial charge in [-0.3, -0.25) is 9.59 Å². The number of ether oxygens (including phenoxy) is 1. The fourth-order valence-corrected chi connectivity index (χ4v) is 2.89. The van der Waals surface area contributed by atoms with Crippen molar-refractivity contribution in [2.45, 2.75) is 26.4 Å². The van der Waals surface area contributed by atoms with E-state index in [2.05, 4.69) is 0 Å². The van der Waals surface area contributed by atoms with Gasteiger partial charge in [-0.2, -0.15) is 0 Å². The maximum Gasteiger partial charge on any atom is 0.167 e. The largest absolute Gasteiger partial charge is 0.486 e. The van der Waals surface area contributed by atoms with E-state index in [0.29, 0.717) is 16.9 Å². The molecule has 0 aliphatic heterocycles. The van der Waals surface area contributed by atoms with E-state index in [9.17, 15) is 14.0 Å². The van der Waals surface area contributed by atoms with Gasteiger partial charge in [-0.25, -0.2) is 4.39 Å². The predicted octanol–water partition coefficient (Wildman–Crippen LogP) is 5.59. The van der Waals surface area contributed by atoms with Crippen LogP contribution in [-0.2, 0) is 6.42 Å². The highest BCUT2D eigenvalue weighted by atomic mass is 19.1. The van der Waals surface area contributed by atoms with E-state index in [1.165, 1.54) is 19.1 Å². The molecule has 0 aliphatic carbocycles. The fourth-order valence-electron chi connectivity index (χ4n) is 2.89. The maximum atomic E-state index is 13.1. The summed E-state index contributed by atoms with van der Waals surface area (Å²) in [6.07, 6.45) is -0.0279. The van der Waals surface area contributed by atoms with Crippen LogP contribution < -0.4 is 4.74 Å². The molecule has 0 N–H and O–H groups in total. The van der Waals surface area contributed by atoms with E-state index in [0.717, 1.165) is 11.1 Å². The van der Waals surface area contributed by atoms with Crippen LogP contribution in [-0.4, -0.2) is 11.6 Å². The van der Waals surface area contributed by atoms with Crippen LogP contribution in [0.15, 0.2) is 72.8 Å². The lowest BCUT2D eigenvalue weighted by molar-refractivity contribution is 0.0990. The lowest BCUT2D eigenvalue weighted by atomic mass is 10.0. The normalized spacial score (nSPS) is 11.7. The van der Waals surface area contributed by atoms with Crippen LogP contribution in [0.4, 0.5) is 4.39 Å². The first kappa shape index (κ1) is 19.5. The molecule has 3 aromatic rings. The van der Waals surface area contributed by atoms with Crippen molar-refractivity contribution in [1.29, 1.82) is 0 Å². The zero-order valence-corrected chi connectivity index (χ0v) is 15.8. The van der Waals surface area contributed by atoms with Crippen molar-refractivity contribution in [3.63, 3.8) is 0 Å². The van der Waals surface area contributed by atoms with Gasteiger partial charge in [0.05, 0.1) is 0 Å². The summed E-state index contributed by atoms with van der Waals surface area (Å²) in [6.45, 7) is 3.39. The van der Waals surface area contributed by atoms with Crippen molar-refractivity contribution in [3.05, 3.63) is 101 Å². The van der Waals surface area contributed by atoms with Gasteiger partial charge in [-0.1, -0.05) is 48.5 Å².